The largest absolute Gasteiger partial charge is 0.313 e. The molecular weight excluding hydrogens is 478 g/mol. The average molecular weight is 507 g/mol. The Morgan fingerprint density at radius 1 is 0.333 bits per heavy atom. The molecule has 0 radical (unpaired) electrons. The highest BCUT2D eigenvalue weighted by atomic mass is 31.2. The van der Waals surface area contributed by atoms with Crippen LogP contribution in [-0.4, -0.2) is 0 Å². The van der Waals surface area contributed by atoms with Gasteiger partial charge < -0.3 is 9.13 Å². The third-order valence-corrected chi connectivity index (χ3v) is 12.7. The summed E-state index contributed by atoms with van der Waals surface area (Å²) < 4.78 is 28.9. The van der Waals surface area contributed by atoms with Gasteiger partial charge in [-0.3, -0.25) is 0 Å². The Labute approximate surface area is 213 Å². The van der Waals surface area contributed by atoms with Crippen molar-refractivity contribution in [3.05, 3.63) is 157 Å². The Morgan fingerprint density at radius 2 is 0.556 bits per heavy atom. The molecule has 0 aliphatic heterocycles. The Kier molecular flexibility index (Phi) is 7.19. The molecule has 0 aliphatic carbocycles. The van der Waals surface area contributed by atoms with Gasteiger partial charge in [0.15, 0.2) is 0 Å². The lowest BCUT2D eigenvalue weighted by Gasteiger charge is -2.21. The van der Waals surface area contributed by atoms with Crippen LogP contribution in [0.15, 0.2) is 146 Å². The second kappa shape index (κ2) is 10.7. The van der Waals surface area contributed by atoms with Crippen molar-refractivity contribution in [2.24, 2.45) is 0 Å². The topological polar surface area (TPSA) is 34.1 Å². The van der Waals surface area contributed by atoms with Crippen molar-refractivity contribution in [2.45, 2.75) is 12.3 Å². The van der Waals surface area contributed by atoms with Crippen molar-refractivity contribution in [3.8, 4) is 0 Å². The summed E-state index contributed by atoms with van der Waals surface area (Å²) in [5.74, 6) is 0. The smallest absolute Gasteiger partial charge is 0.147 e. The van der Waals surface area contributed by atoms with Gasteiger partial charge in [-0.25, -0.2) is 0 Å². The zero-order chi connectivity index (χ0) is 24.8. The fraction of sp³-hybridized carbons (Fsp3) is 0.0625. The normalized spacial score (nSPS) is 11.8. The fourth-order valence-electron chi connectivity index (χ4n) is 4.60. The van der Waals surface area contributed by atoms with Gasteiger partial charge in [0.05, 0.1) is 0 Å². The van der Waals surface area contributed by atoms with Crippen molar-refractivity contribution < 1.29 is 9.13 Å². The van der Waals surface area contributed by atoms with Crippen LogP contribution in [0.5, 0.6) is 0 Å². The predicted octanol–water partition coefficient (Wildman–Crippen LogP) is 6.71. The van der Waals surface area contributed by atoms with Gasteiger partial charge in [0.25, 0.3) is 0 Å². The lowest BCUT2D eigenvalue weighted by molar-refractivity contribution is 0.585. The third-order valence-electron chi connectivity index (χ3n) is 6.53. The molecule has 5 aromatic carbocycles. The van der Waals surface area contributed by atoms with Crippen LogP contribution in [0.2, 0.25) is 0 Å². The Hall–Kier alpha value is -3.44. The minimum Gasteiger partial charge on any atom is -0.313 e. The molecule has 0 aromatic heterocycles. The van der Waals surface area contributed by atoms with E-state index in [-0.39, 0.29) is 0 Å². The molecule has 0 amide bonds. The van der Waals surface area contributed by atoms with E-state index in [4.69, 9.17) is 0 Å². The molecule has 0 saturated heterocycles. The van der Waals surface area contributed by atoms with Gasteiger partial charge in [0.1, 0.15) is 14.3 Å². The lowest BCUT2D eigenvalue weighted by Crippen LogP contribution is -2.18. The summed E-state index contributed by atoms with van der Waals surface area (Å²) in [6.07, 6.45) is 0.882. The van der Waals surface area contributed by atoms with E-state index in [1.807, 2.05) is 146 Å². The molecule has 5 aromatic rings. The zero-order valence-corrected chi connectivity index (χ0v) is 21.8. The van der Waals surface area contributed by atoms with Crippen LogP contribution in [0.25, 0.3) is 0 Å². The highest BCUT2D eigenvalue weighted by Crippen LogP contribution is 2.48. The highest BCUT2D eigenvalue weighted by Gasteiger charge is 2.29. The summed E-state index contributed by atoms with van der Waals surface area (Å²) in [4.78, 5) is 0. The first-order valence-electron chi connectivity index (χ1n) is 12.1. The molecule has 5 rings (SSSR count). The fourth-order valence-corrected chi connectivity index (χ4v) is 9.99. The average Bonchev–Trinajstić information content (AvgIpc) is 2.96. The first-order chi connectivity index (χ1) is 17.6. The van der Waals surface area contributed by atoms with Gasteiger partial charge in [0, 0.05) is 33.5 Å². The van der Waals surface area contributed by atoms with E-state index in [0.29, 0.717) is 12.3 Å². The van der Waals surface area contributed by atoms with Crippen LogP contribution in [0.1, 0.15) is 11.1 Å². The van der Waals surface area contributed by atoms with E-state index in [2.05, 4.69) is 0 Å². The van der Waals surface area contributed by atoms with E-state index in [9.17, 15) is 9.13 Å². The predicted molar refractivity (Wildman–Crippen MR) is 153 cm³/mol. The van der Waals surface area contributed by atoms with Gasteiger partial charge in [-0.2, -0.15) is 0 Å². The molecule has 0 spiro atoms. The molecule has 0 bridgehead atoms. The van der Waals surface area contributed by atoms with E-state index in [1.165, 1.54) is 0 Å². The molecule has 36 heavy (non-hydrogen) atoms. The molecule has 178 valence electrons. The number of hydrogen-bond acceptors (Lipinski definition) is 2. The Bertz CT molecular complexity index is 1290. The number of rotatable bonds is 8. The van der Waals surface area contributed by atoms with Gasteiger partial charge in [-0.1, -0.05) is 146 Å². The summed E-state index contributed by atoms with van der Waals surface area (Å²) in [7, 11) is -5.70. The van der Waals surface area contributed by atoms with Crippen molar-refractivity contribution >= 4 is 35.5 Å². The van der Waals surface area contributed by atoms with Crippen molar-refractivity contribution in [1.82, 2.24) is 0 Å². The quantitative estimate of drug-likeness (QED) is 0.219. The first kappa shape index (κ1) is 24.3. The monoisotopic (exact) mass is 506 g/mol. The standard InChI is InChI=1S/C32H28O2P2/c33-35(29-13-5-1-6-14-29,30-15-7-2-8-16-30)25-27-21-23-28(24-22-27)26-36(34,31-17-9-3-10-18-31)32-19-11-4-12-20-32/h1-24H,25-26H2. The summed E-state index contributed by atoms with van der Waals surface area (Å²) >= 11 is 0. The minimum atomic E-state index is -2.85. The van der Waals surface area contributed by atoms with Gasteiger partial charge in [-0.15, -0.1) is 0 Å². The summed E-state index contributed by atoms with van der Waals surface area (Å²) in [5.41, 5.74) is 2.01. The molecule has 0 atom stereocenters. The Morgan fingerprint density at radius 3 is 0.778 bits per heavy atom. The minimum absolute atomic E-state index is 0.441. The highest BCUT2D eigenvalue weighted by molar-refractivity contribution is 7.78. The van der Waals surface area contributed by atoms with E-state index < -0.39 is 14.3 Å². The number of hydrogen-bond donors (Lipinski definition) is 0. The van der Waals surface area contributed by atoms with Gasteiger partial charge in [0.2, 0.25) is 0 Å². The van der Waals surface area contributed by atoms with Crippen LogP contribution in [0.4, 0.5) is 0 Å². The van der Waals surface area contributed by atoms with E-state index in [0.717, 1.165) is 32.3 Å². The molecule has 0 unspecified atom stereocenters. The SMILES string of the molecule is O=P(Cc1ccc(CP(=O)(c2ccccc2)c2ccccc2)cc1)(c1ccccc1)c1ccccc1. The third kappa shape index (κ3) is 5.07. The first-order valence-corrected chi connectivity index (χ1v) is 15.8. The summed E-state index contributed by atoms with van der Waals surface area (Å²) in [6, 6.07) is 47.1. The molecule has 0 aliphatic rings. The van der Waals surface area contributed by atoms with Crippen molar-refractivity contribution in [2.75, 3.05) is 0 Å². The van der Waals surface area contributed by atoms with Crippen molar-refractivity contribution in [1.29, 1.82) is 0 Å². The van der Waals surface area contributed by atoms with Crippen LogP contribution in [-0.2, 0) is 21.5 Å². The van der Waals surface area contributed by atoms with Gasteiger partial charge in [-0.05, 0) is 11.1 Å². The molecule has 2 nitrogen and oxygen atoms in total. The van der Waals surface area contributed by atoms with Crippen molar-refractivity contribution in [3.63, 3.8) is 0 Å². The van der Waals surface area contributed by atoms with Crippen LogP contribution >= 0.6 is 14.3 Å². The second-order valence-electron chi connectivity index (χ2n) is 8.95. The van der Waals surface area contributed by atoms with Gasteiger partial charge >= 0.3 is 0 Å². The lowest BCUT2D eigenvalue weighted by atomic mass is 10.2. The second-order valence-corrected chi connectivity index (χ2v) is 14.6. The molecule has 0 heterocycles. The van der Waals surface area contributed by atoms with Crippen LogP contribution in [0.3, 0.4) is 0 Å². The molecular formula is C32H28O2P2. The van der Waals surface area contributed by atoms with E-state index >= 15 is 0 Å². The molecule has 0 fully saturated rings. The van der Waals surface area contributed by atoms with Crippen LogP contribution in [0, 0.1) is 0 Å². The zero-order valence-electron chi connectivity index (χ0n) is 20.0. The maximum atomic E-state index is 14.4. The van der Waals surface area contributed by atoms with E-state index in [1.54, 1.807) is 0 Å². The molecule has 4 heteroatoms. The number of benzene rings is 5. The molecule has 0 saturated carbocycles. The maximum Gasteiger partial charge on any atom is 0.147 e. The maximum absolute atomic E-state index is 14.4. The summed E-state index contributed by atoms with van der Waals surface area (Å²) in [5, 5.41) is 3.44. The Balaban J connectivity index is 1.46. The van der Waals surface area contributed by atoms with Crippen LogP contribution < -0.4 is 21.2 Å². The summed E-state index contributed by atoms with van der Waals surface area (Å²) in [6.45, 7) is 0. The molecule has 0 N–H and O–H groups in total.